The lowest BCUT2D eigenvalue weighted by molar-refractivity contribution is -0.128. The molecule has 1 fully saturated rings. The highest BCUT2D eigenvalue weighted by Crippen LogP contribution is 2.17. The standard InChI is InChI=1S/C15H21N3O4/c1-11(14(19)18-8-7-16-15(18)20)17-12-3-5-13(6-4-12)22-10-9-21-2/h3-6,11,17H,7-10H2,1-2H3,(H,16,20)/t11-/m0/s1. The molecule has 0 bridgehead atoms. The minimum Gasteiger partial charge on any atom is -0.491 e. The number of urea groups is 1. The van der Waals surface area contributed by atoms with Gasteiger partial charge in [0, 0.05) is 25.9 Å². The van der Waals surface area contributed by atoms with Crippen LogP contribution in [0.5, 0.6) is 5.75 Å². The number of nitrogens with one attached hydrogen (secondary N) is 2. The molecule has 0 unspecified atom stereocenters. The van der Waals surface area contributed by atoms with Crippen molar-refractivity contribution < 1.29 is 19.1 Å². The summed E-state index contributed by atoms with van der Waals surface area (Å²) in [5.41, 5.74) is 0.791. The van der Waals surface area contributed by atoms with Gasteiger partial charge in [-0.25, -0.2) is 4.79 Å². The van der Waals surface area contributed by atoms with Crippen LogP contribution in [0.15, 0.2) is 24.3 Å². The molecule has 1 aliphatic heterocycles. The zero-order valence-corrected chi connectivity index (χ0v) is 12.8. The highest BCUT2D eigenvalue weighted by molar-refractivity contribution is 5.99. The van der Waals surface area contributed by atoms with Crippen LogP contribution < -0.4 is 15.4 Å². The first kappa shape index (κ1) is 16.1. The van der Waals surface area contributed by atoms with Gasteiger partial charge in [0.05, 0.1) is 6.61 Å². The first-order valence-corrected chi connectivity index (χ1v) is 7.19. The Morgan fingerprint density at radius 3 is 2.68 bits per heavy atom. The van der Waals surface area contributed by atoms with E-state index in [1.54, 1.807) is 14.0 Å². The summed E-state index contributed by atoms with van der Waals surface area (Å²) in [7, 11) is 1.62. The first-order chi connectivity index (χ1) is 10.6. The molecule has 120 valence electrons. The first-order valence-electron chi connectivity index (χ1n) is 7.19. The van der Waals surface area contributed by atoms with Gasteiger partial charge in [-0.1, -0.05) is 0 Å². The predicted octanol–water partition coefficient (Wildman–Crippen LogP) is 1.06. The molecule has 1 heterocycles. The number of imide groups is 1. The summed E-state index contributed by atoms with van der Waals surface area (Å²) in [4.78, 5) is 24.9. The monoisotopic (exact) mass is 307 g/mol. The zero-order chi connectivity index (χ0) is 15.9. The van der Waals surface area contributed by atoms with Crippen molar-refractivity contribution in [3.05, 3.63) is 24.3 Å². The fraction of sp³-hybridized carbons (Fsp3) is 0.467. The van der Waals surface area contributed by atoms with Crippen molar-refractivity contribution in [2.75, 3.05) is 38.7 Å². The van der Waals surface area contributed by atoms with E-state index in [0.717, 1.165) is 11.4 Å². The van der Waals surface area contributed by atoms with Crippen molar-refractivity contribution in [2.45, 2.75) is 13.0 Å². The smallest absolute Gasteiger partial charge is 0.324 e. The van der Waals surface area contributed by atoms with Crippen LogP contribution in [0.1, 0.15) is 6.92 Å². The average Bonchev–Trinajstić information content (AvgIpc) is 2.94. The Morgan fingerprint density at radius 1 is 1.36 bits per heavy atom. The molecule has 0 radical (unpaired) electrons. The van der Waals surface area contributed by atoms with E-state index in [1.807, 2.05) is 24.3 Å². The van der Waals surface area contributed by atoms with E-state index in [-0.39, 0.29) is 11.9 Å². The Labute approximate surface area is 129 Å². The van der Waals surface area contributed by atoms with Gasteiger partial charge in [0.2, 0.25) is 0 Å². The second-order valence-electron chi connectivity index (χ2n) is 4.95. The average molecular weight is 307 g/mol. The van der Waals surface area contributed by atoms with Gasteiger partial charge >= 0.3 is 6.03 Å². The number of carbonyl (C=O) groups is 2. The van der Waals surface area contributed by atoms with Crippen molar-refractivity contribution in [3.8, 4) is 5.75 Å². The third kappa shape index (κ3) is 4.11. The summed E-state index contributed by atoms with van der Waals surface area (Å²) in [6, 6.07) is 6.48. The van der Waals surface area contributed by atoms with Crippen molar-refractivity contribution in [3.63, 3.8) is 0 Å². The third-order valence-electron chi connectivity index (χ3n) is 3.29. The predicted molar refractivity (Wildman–Crippen MR) is 82.0 cm³/mol. The summed E-state index contributed by atoms with van der Waals surface area (Å²) in [5, 5.41) is 5.69. The molecule has 1 saturated heterocycles. The summed E-state index contributed by atoms with van der Waals surface area (Å²) < 4.78 is 10.4. The Kier molecular flexibility index (Phi) is 5.60. The number of hydrogen-bond donors (Lipinski definition) is 2. The van der Waals surface area contributed by atoms with E-state index in [2.05, 4.69) is 10.6 Å². The number of ether oxygens (including phenoxy) is 2. The Balaban J connectivity index is 1.87. The van der Waals surface area contributed by atoms with Crippen LogP contribution in [-0.4, -0.2) is 56.3 Å². The van der Waals surface area contributed by atoms with E-state index < -0.39 is 6.04 Å². The number of nitrogens with zero attached hydrogens (tertiary/aromatic N) is 1. The van der Waals surface area contributed by atoms with Crippen molar-refractivity contribution in [1.82, 2.24) is 10.2 Å². The van der Waals surface area contributed by atoms with Gasteiger partial charge in [-0.05, 0) is 31.2 Å². The molecule has 0 saturated carbocycles. The second-order valence-corrected chi connectivity index (χ2v) is 4.95. The molecule has 1 aromatic carbocycles. The lowest BCUT2D eigenvalue weighted by Crippen LogP contribution is -2.43. The molecule has 2 rings (SSSR count). The fourth-order valence-corrected chi connectivity index (χ4v) is 2.12. The number of carbonyl (C=O) groups excluding carboxylic acids is 2. The molecule has 1 atom stereocenters. The molecular formula is C15H21N3O4. The lowest BCUT2D eigenvalue weighted by Gasteiger charge is -2.19. The van der Waals surface area contributed by atoms with Crippen molar-refractivity contribution >= 4 is 17.6 Å². The molecule has 3 amide bonds. The minimum absolute atomic E-state index is 0.240. The topological polar surface area (TPSA) is 79.9 Å². The maximum Gasteiger partial charge on any atom is 0.324 e. The van der Waals surface area contributed by atoms with Gasteiger partial charge in [0.15, 0.2) is 0 Å². The van der Waals surface area contributed by atoms with E-state index in [0.29, 0.717) is 26.3 Å². The van der Waals surface area contributed by atoms with E-state index >= 15 is 0 Å². The number of anilines is 1. The van der Waals surface area contributed by atoms with E-state index in [1.165, 1.54) is 4.90 Å². The van der Waals surface area contributed by atoms with Crippen LogP contribution in [0.2, 0.25) is 0 Å². The number of hydrogen-bond acceptors (Lipinski definition) is 5. The summed E-state index contributed by atoms with van der Waals surface area (Å²) in [5.74, 6) is 0.496. The van der Waals surface area contributed by atoms with Gasteiger partial charge in [-0.3, -0.25) is 9.69 Å². The molecule has 0 aromatic heterocycles. The van der Waals surface area contributed by atoms with Crippen LogP contribution in [0.3, 0.4) is 0 Å². The van der Waals surface area contributed by atoms with Gasteiger partial charge < -0.3 is 20.1 Å². The molecule has 7 nitrogen and oxygen atoms in total. The largest absolute Gasteiger partial charge is 0.491 e. The fourth-order valence-electron chi connectivity index (χ4n) is 2.12. The lowest BCUT2D eigenvalue weighted by atomic mass is 10.2. The Hall–Kier alpha value is -2.28. The molecule has 0 spiro atoms. The number of rotatable bonds is 7. The highest BCUT2D eigenvalue weighted by atomic mass is 16.5. The van der Waals surface area contributed by atoms with Gasteiger partial charge in [0.25, 0.3) is 5.91 Å². The van der Waals surface area contributed by atoms with Crippen LogP contribution >= 0.6 is 0 Å². The molecule has 1 aromatic rings. The van der Waals surface area contributed by atoms with Gasteiger partial charge in [-0.2, -0.15) is 0 Å². The SMILES string of the molecule is COCCOc1ccc(N[C@@H](C)C(=O)N2CCNC2=O)cc1. The van der Waals surface area contributed by atoms with Crippen LogP contribution in [0, 0.1) is 0 Å². The second kappa shape index (κ2) is 7.65. The van der Waals surface area contributed by atoms with Crippen LogP contribution in [0.4, 0.5) is 10.5 Å². The normalized spacial score (nSPS) is 15.4. The van der Waals surface area contributed by atoms with Gasteiger partial charge in [0.1, 0.15) is 18.4 Å². The van der Waals surface area contributed by atoms with Crippen LogP contribution in [0.25, 0.3) is 0 Å². The van der Waals surface area contributed by atoms with Crippen molar-refractivity contribution in [2.24, 2.45) is 0 Å². The summed E-state index contributed by atoms with van der Waals surface area (Å²) in [6.45, 7) is 3.67. The molecule has 7 heteroatoms. The highest BCUT2D eigenvalue weighted by Gasteiger charge is 2.29. The molecule has 22 heavy (non-hydrogen) atoms. The number of benzene rings is 1. The molecule has 1 aliphatic rings. The zero-order valence-electron chi connectivity index (χ0n) is 12.8. The minimum atomic E-state index is -0.482. The third-order valence-corrected chi connectivity index (χ3v) is 3.29. The number of amides is 3. The molecular weight excluding hydrogens is 286 g/mol. The summed E-state index contributed by atoms with van der Waals surface area (Å²) >= 11 is 0. The van der Waals surface area contributed by atoms with E-state index in [4.69, 9.17) is 9.47 Å². The summed E-state index contributed by atoms with van der Waals surface area (Å²) in [6.07, 6.45) is 0. The number of methoxy groups -OCH3 is 1. The van der Waals surface area contributed by atoms with E-state index in [9.17, 15) is 9.59 Å². The van der Waals surface area contributed by atoms with Crippen LogP contribution in [-0.2, 0) is 9.53 Å². The van der Waals surface area contributed by atoms with Crippen molar-refractivity contribution in [1.29, 1.82) is 0 Å². The van der Waals surface area contributed by atoms with Gasteiger partial charge in [-0.15, -0.1) is 0 Å². The maximum absolute atomic E-state index is 12.2. The Morgan fingerprint density at radius 2 is 2.09 bits per heavy atom. The molecule has 0 aliphatic carbocycles. The molecule has 2 N–H and O–H groups in total. The maximum atomic E-state index is 12.2. The Bertz CT molecular complexity index is 518. The quantitative estimate of drug-likeness (QED) is 0.737.